The van der Waals surface area contributed by atoms with E-state index in [0.717, 1.165) is 31.9 Å². The van der Waals surface area contributed by atoms with Crippen molar-refractivity contribution >= 4 is 5.71 Å². The van der Waals surface area contributed by atoms with E-state index in [-0.39, 0.29) is 0 Å². The van der Waals surface area contributed by atoms with Crippen LogP contribution in [0.4, 0.5) is 0 Å². The fourth-order valence-corrected chi connectivity index (χ4v) is 2.44. The van der Waals surface area contributed by atoms with Crippen LogP contribution in [0.5, 0.6) is 0 Å². The number of benzene rings is 1. The second kappa shape index (κ2) is 4.85. The number of hydrogen-bond donors (Lipinski definition) is 1. The van der Waals surface area contributed by atoms with E-state index in [0.29, 0.717) is 12.6 Å². The van der Waals surface area contributed by atoms with Gasteiger partial charge in [-0.3, -0.25) is 4.90 Å². The molecule has 1 fully saturated rings. The first kappa shape index (κ1) is 10.7. The lowest BCUT2D eigenvalue weighted by molar-refractivity contribution is 0.113. The largest absolute Gasteiger partial charge is 0.393 e. The zero-order valence-corrected chi connectivity index (χ0v) is 9.80. The number of oxime groups is 1. The molecule has 0 spiro atoms. The zero-order valence-electron chi connectivity index (χ0n) is 9.80. The molecule has 1 unspecified atom stereocenters. The Hall–Kier alpha value is -1.39. The van der Waals surface area contributed by atoms with Crippen molar-refractivity contribution in [3.05, 3.63) is 35.9 Å². The van der Waals surface area contributed by atoms with Crippen molar-refractivity contribution in [3.8, 4) is 0 Å². The minimum absolute atomic E-state index is 0.319. The highest BCUT2D eigenvalue weighted by molar-refractivity contribution is 6.04. The molecule has 3 rings (SSSR count). The summed E-state index contributed by atoms with van der Waals surface area (Å²) in [7, 11) is 0. The van der Waals surface area contributed by atoms with E-state index in [1.54, 1.807) is 0 Å². The quantitative estimate of drug-likeness (QED) is 0.814. The van der Waals surface area contributed by atoms with Crippen molar-refractivity contribution in [2.75, 3.05) is 32.8 Å². The average Bonchev–Trinajstić information content (AvgIpc) is 2.90. The van der Waals surface area contributed by atoms with Crippen LogP contribution in [-0.4, -0.2) is 49.4 Å². The van der Waals surface area contributed by atoms with Crippen LogP contribution in [0.25, 0.3) is 0 Å². The third-order valence-corrected chi connectivity index (χ3v) is 3.37. The molecular weight excluding hydrogens is 214 g/mol. The highest BCUT2D eigenvalue weighted by Crippen LogP contribution is 2.17. The standard InChI is InChI=1S/C13H17N3O/c1-2-4-11(5-3-1)13-12(10-17-15-13)16-8-6-14-7-9-16/h1-5,12,14H,6-10H2. The van der Waals surface area contributed by atoms with E-state index >= 15 is 0 Å². The molecule has 4 heteroatoms. The van der Waals surface area contributed by atoms with Crippen molar-refractivity contribution in [2.24, 2.45) is 5.16 Å². The van der Waals surface area contributed by atoms with E-state index in [2.05, 4.69) is 27.5 Å². The number of nitrogens with zero attached hydrogens (tertiary/aromatic N) is 2. The molecule has 0 saturated carbocycles. The molecular formula is C13H17N3O. The topological polar surface area (TPSA) is 36.9 Å². The van der Waals surface area contributed by atoms with Gasteiger partial charge in [0.25, 0.3) is 0 Å². The summed E-state index contributed by atoms with van der Waals surface area (Å²) in [6, 6.07) is 10.6. The van der Waals surface area contributed by atoms with Crippen molar-refractivity contribution in [1.29, 1.82) is 0 Å². The minimum atomic E-state index is 0.319. The van der Waals surface area contributed by atoms with Gasteiger partial charge in [0.05, 0.1) is 6.04 Å². The van der Waals surface area contributed by atoms with E-state index in [9.17, 15) is 0 Å². The van der Waals surface area contributed by atoms with Gasteiger partial charge in [-0.15, -0.1) is 0 Å². The van der Waals surface area contributed by atoms with Gasteiger partial charge in [-0.2, -0.15) is 0 Å². The van der Waals surface area contributed by atoms with Gasteiger partial charge in [0, 0.05) is 31.7 Å². The number of hydrogen-bond acceptors (Lipinski definition) is 4. The lowest BCUT2D eigenvalue weighted by Crippen LogP contribution is -2.51. The molecule has 0 radical (unpaired) electrons. The first-order valence-electron chi connectivity index (χ1n) is 6.15. The first-order chi connectivity index (χ1) is 8.45. The number of rotatable bonds is 2. The van der Waals surface area contributed by atoms with Crippen molar-refractivity contribution in [3.63, 3.8) is 0 Å². The van der Waals surface area contributed by atoms with Crippen LogP contribution in [-0.2, 0) is 4.84 Å². The summed E-state index contributed by atoms with van der Waals surface area (Å²) in [6.45, 7) is 4.93. The molecule has 4 nitrogen and oxygen atoms in total. The molecule has 0 bridgehead atoms. The molecule has 1 aromatic carbocycles. The van der Waals surface area contributed by atoms with Crippen LogP contribution < -0.4 is 5.32 Å². The smallest absolute Gasteiger partial charge is 0.138 e. The third-order valence-electron chi connectivity index (χ3n) is 3.37. The normalized spacial score (nSPS) is 25.4. The Bertz CT molecular complexity index is 398. The Morgan fingerprint density at radius 2 is 1.94 bits per heavy atom. The van der Waals surface area contributed by atoms with Gasteiger partial charge >= 0.3 is 0 Å². The van der Waals surface area contributed by atoms with Crippen LogP contribution in [0, 0.1) is 0 Å². The second-order valence-electron chi connectivity index (χ2n) is 4.44. The van der Waals surface area contributed by atoms with Crippen LogP contribution in [0.3, 0.4) is 0 Å². The van der Waals surface area contributed by atoms with E-state index in [4.69, 9.17) is 4.84 Å². The monoisotopic (exact) mass is 231 g/mol. The predicted molar refractivity (Wildman–Crippen MR) is 67.2 cm³/mol. The maximum absolute atomic E-state index is 5.30. The fraction of sp³-hybridized carbons (Fsp3) is 0.462. The van der Waals surface area contributed by atoms with Crippen molar-refractivity contribution < 1.29 is 4.84 Å². The summed E-state index contributed by atoms with van der Waals surface area (Å²) in [6.07, 6.45) is 0. The van der Waals surface area contributed by atoms with E-state index < -0.39 is 0 Å². The van der Waals surface area contributed by atoms with E-state index in [1.165, 1.54) is 5.56 Å². The molecule has 2 heterocycles. The summed E-state index contributed by atoms with van der Waals surface area (Å²) in [5, 5.41) is 7.59. The molecule has 0 amide bonds. The van der Waals surface area contributed by atoms with Gasteiger partial charge in [-0.25, -0.2) is 0 Å². The second-order valence-corrected chi connectivity index (χ2v) is 4.44. The molecule has 0 aliphatic carbocycles. The van der Waals surface area contributed by atoms with E-state index in [1.807, 2.05) is 18.2 Å². The maximum atomic E-state index is 5.30. The lowest BCUT2D eigenvalue weighted by atomic mass is 10.0. The average molecular weight is 231 g/mol. The fourth-order valence-electron chi connectivity index (χ4n) is 2.44. The van der Waals surface area contributed by atoms with Crippen LogP contribution in [0.15, 0.2) is 35.5 Å². The predicted octanol–water partition coefficient (Wildman–Crippen LogP) is 0.695. The minimum Gasteiger partial charge on any atom is -0.393 e. The highest BCUT2D eigenvalue weighted by atomic mass is 16.6. The summed E-state index contributed by atoms with van der Waals surface area (Å²) in [4.78, 5) is 7.76. The molecule has 90 valence electrons. The molecule has 17 heavy (non-hydrogen) atoms. The van der Waals surface area contributed by atoms with Crippen LogP contribution >= 0.6 is 0 Å². The van der Waals surface area contributed by atoms with Crippen LogP contribution in [0.2, 0.25) is 0 Å². The zero-order chi connectivity index (χ0) is 11.5. The van der Waals surface area contributed by atoms with Gasteiger partial charge in [0.1, 0.15) is 12.3 Å². The number of piperazine rings is 1. The maximum Gasteiger partial charge on any atom is 0.138 e. The first-order valence-corrected chi connectivity index (χ1v) is 6.15. The molecule has 2 aliphatic heterocycles. The third kappa shape index (κ3) is 2.18. The van der Waals surface area contributed by atoms with Crippen molar-refractivity contribution in [1.82, 2.24) is 10.2 Å². The Morgan fingerprint density at radius 1 is 1.18 bits per heavy atom. The summed E-state index contributed by atoms with van der Waals surface area (Å²) in [5.74, 6) is 0. The molecule has 0 aromatic heterocycles. The summed E-state index contributed by atoms with van der Waals surface area (Å²) >= 11 is 0. The molecule has 1 saturated heterocycles. The van der Waals surface area contributed by atoms with Crippen molar-refractivity contribution in [2.45, 2.75) is 6.04 Å². The van der Waals surface area contributed by atoms with Gasteiger partial charge < -0.3 is 10.2 Å². The highest BCUT2D eigenvalue weighted by Gasteiger charge is 2.30. The lowest BCUT2D eigenvalue weighted by Gasteiger charge is -2.31. The molecule has 1 N–H and O–H groups in total. The Morgan fingerprint density at radius 3 is 2.71 bits per heavy atom. The molecule has 1 atom stereocenters. The van der Waals surface area contributed by atoms with Gasteiger partial charge in [0.2, 0.25) is 0 Å². The number of nitrogens with one attached hydrogen (secondary N) is 1. The summed E-state index contributed by atoms with van der Waals surface area (Å²) < 4.78 is 0. The summed E-state index contributed by atoms with van der Waals surface area (Å²) in [5.41, 5.74) is 2.25. The Kier molecular flexibility index (Phi) is 3.07. The van der Waals surface area contributed by atoms with Gasteiger partial charge in [-0.05, 0) is 0 Å². The van der Waals surface area contributed by atoms with Gasteiger partial charge in [-0.1, -0.05) is 35.5 Å². The van der Waals surface area contributed by atoms with Crippen LogP contribution in [0.1, 0.15) is 5.56 Å². The SMILES string of the molecule is c1ccc(C2=NOCC2N2CCNCC2)cc1. The Balaban J connectivity index is 1.79. The molecule has 1 aromatic rings. The Labute approximate surface area is 101 Å². The van der Waals surface area contributed by atoms with Gasteiger partial charge in [0.15, 0.2) is 0 Å². The molecule has 2 aliphatic rings.